The highest BCUT2D eigenvalue weighted by molar-refractivity contribution is 7.86. The summed E-state index contributed by atoms with van der Waals surface area (Å²) in [4.78, 5) is 0. The first kappa shape index (κ1) is 15.2. The van der Waals surface area contributed by atoms with Gasteiger partial charge in [0.25, 0.3) is 10.2 Å². The lowest BCUT2D eigenvalue weighted by Crippen LogP contribution is -2.58. The van der Waals surface area contributed by atoms with Gasteiger partial charge in [0.15, 0.2) is 0 Å². The van der Waals surface area contributed by atoms with Crippen LogP contribution in [0.1, 0.15) is 33.1 Å². The largest absolute Gasteiger partial charge is 0.375 e. The number of nitrogens with two attached hydrogens (primary N) is 1. The standard InChI is InChI=1S/C12H25N3O3S/c1-10-9-18-11(2)8-15(10)19(16,17)14-6-4-3-5-12(14)7-13/h10-12H,3-9,13H2,1-2H3/t10-,11-,12+/m1/s1. The van der Waals surface area contributed by atoms with E-state index in [1.807, 2.05) is 13.8 Å². The van der Waals surface area contributed by atoms with E-state index in [9.17, 15) is 8.42 Å². The van der Waals surface area contributed by atoms with Gasteiger partial charge in [-0.05, 0) is 26.7 Å². The van der Waals surface area contributed by atoms with Crippen molar-refractivity contribution in [2.45, 2.75) is 51.3 Å². The van der Waals surface area contributed by atoms with E-state index in [1.54, 1.807) is 8.61 Å². The molecule has 2 aliphatic rings. The number of morpholine rings is 1. The summed E-state index contributed by atoms with van der Waals surface area (Å²) in [7, 11) is -3.42. The summed E-state index contributed by atoms with van der Waals surface area (Å²) in [6, 6.07) is -0.161. The molecule has 2 heterocycles. The van der Waals surface area contributed by atoms with Crippen LogP contribution in [0.3, 0.4) is 0 Å². The first-order valence-electron chi connectivity index (χ1n) is 7.07. The summed E-state index contributed by atoms with van der Waals surface area (Å²) in [5.74, 6) is 0. The molecular formula is C12H25N3O3S. The smallest absolute Gasteiger partial charge is 0.282 e. The van der Waals surface area contributed by atoms with Crippen LogP contribution in [0, 0.1) is 0 Å². The van der Waals surface area contributed by atoms with Crippen molar-refractivity contribution in [2.24, 2.45) is 5.73 Å². The quantitative estimate of drug-likeness (QED) is 0.803. The number of nitrogens with zero attached hydrogens (tertiary/aromatic N) is 2. The second kappa shape index (κ2) is 6.05. The summed E-state index contributed by atoms with van der Waals surface area (Å²) in [6.45, 7) is 5.67. The highest BCUT2D eigenvalue weighted by Gasteiger charge is 2.40. The Bertz CT molecular complexity index is 393. The van der Waals surface area contributed by atoms with Crippen molar-refractivity contribution in [2.75, 3.05) is 26.2 Å². The maximum Gasteiger partial charge on any atom is 0.282 e. The van der Waals surface area contributed by atoms with Gasteiger partial charge in [-0.3, -0.25) is 0 Å². The first-order chi connectivity index (χ1) is 8.96. The Morgan fingerprint density at radius 3 is 2.68 bits per heavy atom. The molecule has 2 rings (SSSR count). The van der Waals surface area contributed by atoms with Crippen molar-refractivity contribution in [3.05, 3.63) is 0 Å². The summed E-state index contributed by atoms with van der Waals surface area (Å²) < 4.78 is 34.3. The fourth-order valence-corrected chi connectivity index (χ4v) is 4.95. The lowest BCUT2D eigenvalue weighted by molar-refractivity contribution is -0.0198. The molecule has 6 nitrogen and oxygen atoms in total. The van der Waals surface area contributed by atoms with Gasteiger partial charge in [-0.2, -0.15) is 17.0 Å². The van der Waals surface area contributed by atoms with Gasteiger partial charge in [-0.1, -0.05) is 6.42 Å². The van der Waals surface area contributed by atoms with Crippen LogP contribution in [0.4, 0.5) is 0 Å². The Labute approximate surface area is 116 Å². The summed E-state index contributed by atoms with van der Waals surface area (Å²) in [5, 5.41) is 0. The topological polar surface area (TPSA) is 75.9 Å². The molecule has 0 spiro atoms. The van der Waals surface area contributed by atoms with Gasteiger partial charge < -0.3 is 10.5 Å². The van der Waals surface area contributed by atoms with E-state index in [0.29, 0.717) is 26.2 Å². The Kier molecular flexibility index (Phi) is 4.84. The monoisotopic (exact) mass is 291 g/mol. The predicted molar refractivity (Wildman–Crippen MR) is 73.9 cm³/mol. The van der Waals surface area contributed by atoms with Crippen molar-refractivity contribution in [1.82, 2.24) is 8.61 Å². The molecule has 19 heavy (non-hydrogen) atoms. The van der Waals surface area contributed by atoms with Crippen molar-refractivity contribution in [1.29, 1.82) is 0 Å². The van der Waals surface area contributed by atoms with Gasteiger partial charge >= 0.3 is 0 Å². The van der Waals surface area contributed by atoms with Crippen LogP contribution in [0.25, 0.3) is 0 Å². The van der Waals surface area contributed by atoms with Crippen LogP contribution in [0.2, 0.25) is 0 Å². The highest BCUT2D eigenvalue weighted by atomic mass is 32.2. The van der Waals surface area contributed by atoms with E-state index >= 15 is 0 Å². The van der Waals surface area contributed by atoms with Gasteiger partial charge in [-0.25, -0.2) is 0 Å². The van der Waals surface area contributed by atoms with Crippen LogP contribution < -0.4 is 5.73 Å². The third-order valence-electron chi connectivity index (χ3n) is 3.99. The Morgan fingerprint density at radius 1 is 1.26 bits per heavy atom. The average Bonchev–Trinajstić information content (AvgIpc) is 2.41. The van der Waals surface area contributed by atoms with E-state index < -0.39 is 10.2 Å². The molecule has 2 saturated heterocycles. The third-order valence-corrected chi connectivity index (χ3v) is 6.16. The van der Waals surface area contributed by atoms with Crippen LogP contribution >= 0.6 is 0 Å². The van der Waals surface area contributed by atoms with E-state index in [1.165, 1.54) is 0 Å². The number of hydrogen-bond acceptors (Lipinski definition) is 4. The fourth-order valence-electron chi connectivity index (χ4n) is 2.84. The normalized spacial score (nSPS) is 35.4. The average molecular weight is 291 g/mol. The van der Waals surface area contributed by atoms with Gasteiger partial charge in [-0.15, -0.1) is 0 Å². The molecule has 2 N–H and O–H groups in total. The highest BCUT2D eigenvalue weighted by Crippen LogP contribution is 2.25. The SMILES string of the molecule is C[C@@H]1CN(S(=O)(=O)N2CCCC[C@H]2CN)[C@H](C)CO1. The molecule has 0 aromatic heterocycles. The summed E-state index contributed by atoms with van der Waals surface area (Å²) >= 11 is 0. The molecule has 0 aromatic rings. The van der Waals surface area contributed by atoms with Crippen LogP contribution in [-0.2, 0) is 14.9 Å². The third kappa shape index (κ3) is 3.11. The summed E-state index contributed by atoms with van der Waals surface area (Å²) in [6.07, 6.45) is 2.80. The molecule has 7 heteroatoms. The Balaban J connectivity index is 2.19. The number of piperidine rings is 1. The molecule has 112 valence electrons. The molecule has 0 unspecified atom stereocenters. The van der Waals surface area contributed by atoms with Crippen molar-refractivity contribution < 1.29 is 13.2 Å². The van der Waals surface area contributed by atoms with Gasteiger partial charge in [0.1, 0.15) is 0 Å². The minimum Gasteiger partial charge on any atom is -0.375 e. The molecule has 0 aliphatic carbocycles. The van der Waals surface area contributed by atoms with Gasteiger partial charge in [0.2, 0.25) is 0 Å². The van der Waals surface area contributed by atoms with Crippen molar-refractivity contribution in [3.8, 4) is 0 Å². The van der Waals surface area contributed by atoms with Crippen molar-refractivity contribution >= 4 is 10.2 Å². The molecule has 0 bridgehead atoms. The lowest BCUT2D eigenvalue weighted by Gasteiger charge is -2.42. The molecule has 2 fully saturated rings. The van der Waals surface area contributed by atoms with Gasteiger partial charge in [0, 0.05) is 31.7 Å². The number of rotatable bonds is 3. The molecule has 0 saturated carbocycles. The van der Waals surface area contributed by atoms with E-state index in [0.717, 1.165) is 19.3 Å². The zero-order chi connectivity index (χ0) is 14.0. The maximum atomic E-state index is 12.8. The summed E-state index contributed by atoms with van der Waals surface area (Å²) in [5.41, 5.74) is 5.73. The zero-order valence-electron chi connectivity index (χ0n) is 11.8. The molecule has 0 amide bonds. The van der Waals surface area contributed by atoms with Crippen LogP contribution in [0.15, 0.2) is 0 Å². The Morgan fingerprint density at radius 2 is 2.00 bits per heavy atom. The number of ether oxygens (including phenoxy) is 1. The number of hydrogen-bond donors (Lipinski definition) is 1. The minimum atomic E-state index is -3.42. The van der Waals surface area contributed by atoms with E-state index in [4.69, 9.17) is 10.5 Å². The lowest BCUT2D eigenvalue weighted by atomic mass is 10.1. The van der Waals surface area contributed by atoms with Crippen molar-refractivity contribution in [3.63, 3.8) is 0 Å². The zero-order valence-corrected chi connectivity index (χ0v) is 12.6. The fraction of sp³-hybridized carbons (Fsp3) is 1.00. The van der Waals surface area contributed by atoms with Crippen LogP contribution in [0.5, 0.6) is 0 Å². The minimum absolute atomic E-state index is 0.0490. The second-order valence-corrected chi connectivity index (χ2v) is 7.40. The Hall–Kier alpha value is -0.210. The molecule has 0 aromatic carbocycles. The molecular weight excluding hydrogens is 266 g/mol. The van der Waals surface area contributed by atoms with E-state index in [2.05, 4.69) is 0 Å². The van der Waals surface area contributed by atoms with E-state index in [-0.39, 0.29) is 18.2 Å². The maximum absolute atomic E-state index is 12.8. The molecule has 0 radical (unpaired) electrons. The molecule has 2 aliphatic heterocycles. The second-order valence-electron chi connectivity index (χ2n) is 5.57. The van der Waals surface area contributed by atoms with Gasteiger partial charge in [0.05, 0.1) is 12.7 Å². The first-order valence-corrected chi connectivity index (χ1v) is 8.46. The predicted octanol–water partition coefficient (Wildman–Crippen LogP) is 0.154. The molecule has 3 atom stereocenters. The van der Waals surface area contributed by atoms with Crippen LogP contribution in [-0.4, -0.2) is 61.5 Å².